The van der Waals surface area contributed by atoms with Crippen LogP contribution in [0.3, 0.4) is 0 Å². The zero-order chi connectivity index (χ0) is 17.9. The molecular weight excluding hydrogens is 346 g/mol. The number of rotatable bonds is 3. The fraction of sp³-hybridized carbons (Fsp3) is 0.700. The number of amides is 3. The minimum atomic E-state index is -0.422. The second-order valence-corrected chi connectivity index (χ2v) is 10.2. The summed E-state index contributed by atoms with van der Waals surface area (Å²) in [5.74, 6) is 1.94. The van der Waals surface area contributed by atoms with Crippen molar-refractivity contribution in [3.8, 4) is 0 Å². The highest BCUT2D eigenvalue weighted by atomic mass is 32.1. The van der Waals surface area contributed by atoms with Gasteiger partial charge in [-0.3, -0.25) is 10.1 Å². The lowest BCUT2D eigenvalue weighted by molar-refractivity contribution is -0.0127. The fourth-order valence-corrected chi connectivity index (χ4v) is 7.84. The molecule has 5 aliphatic rings. The van der Waals surface area contributed by atoms with Crippen LogP contribution in [0, 0.1) is 17.8 Å². The zero-order valence-corrected chi connectivity index (χ0v) is 15.9. The molecule has 0 saturated heterocycles. The quantitative estimate of drug-likeness (QED) is 0.752. The SMILES string of the molecule is NC(=O)c1c(NC(=O)NC23CC4CC(CC(C4)C2)C3)sc2c1CCCC2. The van der Waals surface area contributed by atoms with Crippen molar-refractivity contribution in [3.63, 3.8) is 0 Å². The molecule has 6 rings (SSSR count). The Bertz CT molecular complexity index is 734. The Labute approximate surface area is 158 Å². The maximum atomic E-state index is 12.8. The number of hydrogen-bond acceptors (Lipinski definition) is 3. The van der Waals surface area contributed by atoms with Crippen LogP contribution in [0.25, 0.3) is 0 Å². The molecule has 1 aromatic heterocycles. The maximum Gasteiger partial charge on any atom is 0.320 e. The first-order valence-electron chi connectivity index (χ1n) is 10.0. The second-order valence-electron chi connectivity index (χ2n) is 9.06. The Morgan fingerprint density at radius 2 is 1.62 bits per heavy atom. The number of carbonyl (C=O) groups excluding carboxylic acids is 2. The molecule has 0 spiro atoms. The van der Waals surface area contributed by atoms with Gasteiger partial charge in [0.25, 0.3) is 5.91 Å². The Balaban J connectivity index is 1.35. The molecule has 3 amide bonds. The Morgan fingerprint density at radius 3 is 2.23 bits per heavy atom. The summed E-state index contributed by atoms with van der Waals surface area (Å²) in [6.07, 6.45) is 11.5. The summed E-state index contributed by atoms with van der Waals surface area (Å²) in [7, 11) is 0. The highest BCUT2D eigenvalue weighted by Gasteiger charge is 2.51. The third-order valence-electron chi connectivity index (χ3n) is 7.06. The molecule has 0 unspecified atom stereocenters. The molecule has 5 nitrogen and oxygen atoms in total. The van der Waals surface area contributed by atoms with E-state index in [4.69, 9.17) is 5.73 Å². The molecule has 4 bridgehead atoms. The lowest BCUT2D eigenvalue weighted by atomic mass is 9.53. The number of fused-ring (bicyclic) bond motifs is 1. The number of carbonyl (C=O) groups is 2. The van der Waals surface area contributed by atoms with Crippen molar-refractivity contribution in [2.45, 2.75) is 69.7 Å². The van der Waals surface area contributed by atoms with Crippen LogP contribution >= 0.6 is 11.3 Å². The van der Waals surface area contributed by atoms with Gasteiger partial charge < -0.3 is 11.1 Å². The third kappa shape index (κ3) is 2.73. The molecule has 4 fully saturated rings. The summed E-state index contributed by atoms with van der Waals surface area (Å²) < 4.78 is 0. The molecule has 1 aromatic rings. The molecule has 140 valence electrons. The summed E-state index contributed by atoms with van der Waals surface area (Å²) in [5, 5.41) is 6.96. The highest BCUT2D eigenvalue weighted by molar-refractivity contribution is 7.17. The van der Waals surface area contributed by atoms with E-state index in [0.717, 1.165) is 68.3 Å². The van der Waals surface area contributed by atoms with Crippen molar-refractivity contribution in [3.05, 3.63) is 16.0 Å². The summed E-state index contributed by atoms with van der Waals surface area (Å²) >= 11 is 1.54. The summed E-state index contributed by atoms with van der Waals surface area (Å²) in [6, 6.07) is -0.159. The van der Waals surface area contributed by atoms with E-state index >= 15 is 0 Å². The van der Waals surface area contributed by atoms with Gasteiger partial charge in [0.2, 0.25) is 0 Å². The van der Waals surface area contributed by atoms with Gasteiger partial charge in [-0.05, 0) is 87.5 Å². The molecule has 0 aliphatic heterocycles. The average molecular weight is 374 g/mol. The zero-order valence-electron chi connectivity index (χ0n) is 15.1. The van der Waals surface area contributed by atoms with E-state index in [1.807, 2.05) is 0 Å². The van der Waals surface area contributed by atoms with Gasteiger partial charge in [-0.15, -0.1) is 11.3 Å². The first-order chi connectivity index (χ1) is 12.5. The van der Waals surface area contributed by atoms with E-state index in [-0.39, 0.29) is 11.6 Å². The summed E-state index contributed by atoms with van der Waals surface area (Å²) in [6.45, 7) is 0. The van der Waals surface area contributed by atoms with Crippen LogP contribution in [0.4, 0.5) is 9.80 Å². The second kappa shape index (κ2) is 5.98. The van der Waals surface area contributed by atoms with Crippen molar-refractivity contribution >= 4 is 28.3 Å². The van der Waals surface area contributed by atoms with E-state index < -0.39 is 5.91 Å². The Kier molecular flexibility index (Phi) is 3.82. The summed E-state index contributed by atoms with van der Waals surface area (Å²) in [5.41, 5.74) is 7.23. The van der Waals surface area contributed by atoms with Crippen molar-refractivity contribution < 1.29 is 9.59 Å². The average Bonchev–Trinajstić information content (AvgIpc) is 2.90. The maximum absolute atomic E-state index is 12.8. The third-order valence-corrected chi connectivity index (χ3v) is 8.27. The fourth-order valence-electron chi connectivity index (χ4n) is 6.55. The number of primary amides is 1. The molecule has 5 aliphatic carbocycles. The van der Waals surface area contributed by atoms with Crippen molar-refractivity contribution in [1.29, 1.82) is 0 Å². The van der Waals surface area contributed by atoms with Crippen LogP contribution in [0.15, 0.2) is 0 Å². The number of aryl methyl sites for hydroxylation is 1. The smallest absolute Gasteiger partial charge is 0.320 e. The van der Waals surface area contributed by atoms with Crippen molar-refractivity contribution in [1.82, 2.24) is 5.32 Å². The van der Waals surface area contributed by atoms with Gasteiger partial charge in [-0.1, -0.05) is 0 Å². The van der Waals surface area contributed by atoms with Gasteiger partial charge in [-0.2, -0.15) is 0 Å². The molecule has 6 heteroatoms. The van der Waals surface area contributed by atoms with Gasteiger partial charge in [0.05, 0.1) is 5.56 Å². The van der Waals surface area contributed by atoms with Crippen molar-refractivity contribution in [2.75, 3.05) is 5.32 Å². The van der Waals surface area contributed by atoms with E-state index in [9.17, 15) is 9.59 Å². The minimum Gasteiger partial charge on any atom is -0.365 e. The van der Waals surface area contributed by atoms with Gasteiger partial charge in [0.15, 0.2) is 0 Å². The number of hydrogen-bond donors (Lipinski definition) is 3. The number of urea groups is 1. The molecule has 26 heavy (non-hydrogen) atoms. The van der Waals surface area contributed by atoms with E-state index in [0.29, 0.717) is 10.6 Å². The van der Waals surface area contributed by atoms with Gasteiger partial charge in [0.1, 0.15) is 5.00 Å². The van der Waals surface area contributed by atoms with E-state index in [1.54, 1.807) is 0 Å². The predicted octanol–water partition coefficient (Wildman–Crippen LogP) is 3.82. The molecule has 0 radical (unpaired) electrons. The van der Waals surface area contributed by atoms with Crippen LogP contribution in [0.2, 0.25) is 0 Å². The molecule has 0 aromatic carbocycles. The number of thiophene rings is 1. The first-order valence-corrected chi connectivity index (χ1v) is 10.9. The normalized spacial score (nSPS) is 34.4. The molecule has 4 N–H and O–H groups in total. The van der Waals surface area contributed by atoms with Crippen LogP contribution in [0.1, 0.15) is 72.2 Å². The topological polar surface area (TPSA) is 84.2 Å². The Morgan fingerprint density at radius 1 is 1.00 bits per heavy atom. The first kappa shape index (κ1) is 16.6. The monoisotopic (exact) mass is 373 g/mol. The minimum absolute atomic E-state index is 0.0252. The van der Waals surface area contributed by atoms with Gasteiger partial charge in [-0.25, -0.2) is 4.79 Å². The molecule has 4 saturated carbocycles. The van der Waals surface area contributed by atoms with Crippen LogP contribution < -0.4 is 16.4 Å². The number of anilines is 1. The standard InChI is InChI=1S/C20H27N3O2S/c21-17(24)16-14-3-1-2-4-15(14)26-18(16)22-19(25)23-20-8-11-5-12(9-20)7-13(6-11)10-20/h11-13H,1-10H2,(H2,21,24)(H2,22,23,25). The van der Waals surface area contributed by atoms with Crippen LogP contribution in [-0.2, 0) is 12.8 Å². The summed E-state index contributed by atoms with van der Waals surface area (Å²) in [4.78, 5) is 26.0. The molecule has 1 heterocycles. The van der Waals surface area contributed by atoms with Crippen molar-refractivity contribution in [2.24, 2.45) is 23.5 Å². The van der Waals surface area contributed by atoms with Crippen LogP contribution in [-0.4, -0.2) is 17.5 Å². The Hall–Kier alpha value is -1.56. The van der Waals surface area contributed by atoms with E-state index in [2.05, 4.69) is 10.6 Å². The largest absolute Gasteiger partial charge is 0.365 e. The highest BCUT2D eigenvalue weighted by Crippen LogP contribution is 2.55. The predicted molar refractivity (Wildman–Crippen MR) is 103 cm³/mol. The lowest BCUT2D eigenvalue weighted by Crippen LogP contribution is -2.60. The van der Waals surface area contributed by atoms with E-state index in [1.165, 1.54) is 35.5 Å². The van der Waals surface area contributed by atoms with Crippen LogP contribution in [0.5, 0.6) is 0 Å². The molecular formula is C20H27N3O2S. The molecule has 0 atom stereocenters. The lowest BCUT2D eigenvalue weighted by Gasteiger charge is -2.56. The number of nitrogens with two attached hydrogens (primary N) is 1. The van der Waals surface area contributed by atoms with Gasteiger partial charge in [0, 0.05) is 10.4 Å². The van der Waals surface area contributed by atoms with Gasteiger partial charge >= 0.3 is 6.03 Å². The number of nitrogens with one attached hydrogen (secondary N) is 2.